The van der Waals surface area contributed by atoms with Gasteiger partial charge in [0.05, 0.1) is 12.6 Å². The van der Waals surface area contributed by atoms with Gasteiger partial charge in [-0.3, -0.25) is 0 Å². The molecule has 1 atom stereocenters. The van der Waals surface area contributed by atoms with Crippen molar-refractivity contribution in [1.82, 2.24) is 10.2 Å². The molecule has 0 saturated heterocycles. The minimum atomic E-state index is -0.373. The number of carbonyl (C=O) groups is 1. The van der Waals surface area contributed by atoms with Crippen LogP contribution >= 0.6 is 15.9 Å². The molecule has 1 aromatic carbocycles. The zero-order valence-electron chi connectivity index (χ0n) is 10.3. The van der Waals surface area contributed by atoms with E-state index in [1.54, 1.807) is 26.1 Å². The summed E-state index contributed by atoms with van der Waals surface area (Å²) in [5.41, 5.74) is 0.414. The third-order valence-electron chi connectivity index (χ3n) is 2.69. The van der Waals surface area contributed by atoms with E-state index in [1.165, 1.54) is 11.0 Å². The summed E-state index contributed by atoms with van der Waals surface area (Å²) in [6.07, 6.45) is 0. The summed E-state index contributed by atoms with van der Waals surface area (Å²) in [4.78, 5) is 13.0. The number of carbonyl (C=O) groups excluding carboxylic acids is 1. The monoisotopic (exact) mass is 318 g/mol. The third kappa shape index (κ3) is 3.96. The average Bonchev–Trinajstić information content (AvgIpc) is 2.35. The summed E-state index contributed by atoms with van der Waals surface area (Å²) in [6.45, 7) is 1.72. The van der Waals surface area contributed by atoms with Crippen LogP contribution in [-0.2, 0) is 6.54 Å². The first-order valence-electron chi connectivity index (χ1n) is 5.51. The highest BCUT2D eigenvalue weighted by atomic mass is 79.9. The van der Waals surface area contributed by atoms with Gasteiger partial charge in [-0.25, -0.2) is 9.18 Å². The van der Waals surface area contributed by atoms with Crippen molar-refractivity contribution in [2.24, 2.45) is 0 Å². The highest BCUT2D eigenvalue weighted by molar-refractivity contribution is 9.10. The molecule has 0 unspecified atom stereocenters. The Hall–Kier alpha value is -1.14. The number of nitrogens with zero attached hydrogens (tertiary/aromatic N) is 1. The molecule has 0 aromatic heterocycles. The Morgan fingerprint density at radius 2 is 2.28 bits per heavy atom. The predicted octanol–water partition coefficient (Wildman–Crippen LogP) is 2.11. The number of aliphatic hydroxyl groups excluding tert-OH is 1. The van der Waals surface area contributed by atoms with Gasteiger partial charge in [0.25, 0.3) is 0 Å². The van der Waals surface area contributed by atoms with Crippen LogP contribution in [0.4, 0.5) is 9.18 Å². The van der Waals surface area contributed by atoms with Crippen molar-refractivity contribution >= 4 is 22.0 Å². The molecule has 0 aliphatic heterocycles. The number of likely N-dealkylation sites (N-methyl/N-ethyl adjacent to an activating group) is 1. The van der Waals surface area contributed by atoms with Gasteiger partial charge in [-0.1, -0.05) is 22.0 Å². The van der Waals surface area contributed by atoms with E-state index in [1.807, 2.05) is 0 Å². The van der Waals surface area contributed by atoms with Crippen molar-refractivity contribution in [2.75, 3.05) is 13.7 Å². The third-order valence-corrected chi connectivity index (χ3v) is 3.18. The van der Waals surface area contributed by atoms with Crippen LogP contribution in [0.3, 0.4) is 0 Å². The first kappa shape index (κ1) is 14.9. The highest BCUT2D eigenvalue weighted by Crippen LogP contribution is 2.15. The van der Waals surface area contributed by atoms with Gasteiger partial charge < -0.3 is 15.3 Å². The maximum atomic E-state index is 13.5. The maximum absolute atomic E-state index is 13.5. The van der Waals surface area contributed by atoms with Crippen LogP contribution in [0.25, 0.3) is 0 Å². The van der Waals surface area contributed by atoms with Gasteiger partial charge in [0.2, 0.25) is 0 Å². The molecule has 2 amide bonds. The van der Waals surface area contributed by atoms with Crippen molar-refractivity contribution < 1.29 is 14.3 Å². The van der Waals surface area contributed by atoms with Gasteiger partial charge in [0.15, 0.2) is 0 Å². The molecule has 0 aliphatic rings. The molecule has 1 aromatic rings. The molecule has 100 valence electrons. The number of amides is 2. The molecule has 0 bridgehead atoms. The van der Waals surface area contributed by atoms with Crippen LogP contribution < -0.4 is 5.32 Å². The number of hydrogen-bond donors (Lipinski definition) is 2. The van der Waals surface area contributed by atoms with E-state index >= 15 is 0 Å². The number of halogens is 2. The Balaban J connectivity index is 2.57. The number of aliphatic hydroxyl groups is 1. The fourth-order valence-corrected chi connectivity index (χ4v) is 1.62. The van der Waals surface area contributed by atoms with Crippen molar-refractivity contribution in [3.8, 4) is 0 Å². The Kier molecular flexibility index (Phi) is 5.55. The molecule has 0 radical (unpaired) electrons. The number of rotatable bonds is 4. The summed E-state index contributed by atoms with van der Waals surface area (Å²) in [7, 11) is 1.58. The van der Waals surface area contributed by atoms with Crippen molar-refractivity contribution in [3.05, 3.63) is 34.1 Å². The summed E-state index contributed by atoms with van der Waals surface area (Å²) >= 11 is 3.16. The summed E-state index contributed by atoms with van der Waals surface area (Å²) in [6, 6.07) is 4.04. The van der Waals surface area contributed by atoms with E-state index < -0.39 is 0 Å². The van der Waals surface area contributed by atoms with Crippen LogP contribution in [0.5, 0.6) is 0 Å². The van der Waals surface area contributed by atoms with Crippen molar-refractivity contribution in [1.29, 1.82) is 0 Å². The summed E-state index contributed by atoms with van der Waals surface area (Å²) in [5.74, 6) is -0.373. The number of urea groups is 1. The molecular formula is C12H16BrFN2O2. The summed E-state index contributed by atoms with van der Waals surface area (Å²) in [5, 5.41) is 11.5. The Morgan fingerprint density at radius 3 is 2.83 bits per heavy atom. The van der Waals surface area contributed by atoms with Gasteiger partial charge in [-0.2, -0.15) is 0 Å². The molecule has 0 saturated carbocycles. The van der Waals surface area contributed by atoms with Crippen LogP contribution in [0.1, 0.15) is 12.5 Å². The smallest absolute Gasteiger partial charge is 0.317 e. The highest BCUT2D eigenvalue weighted by Gasteiger charge is 2.14. The number of hydrogen-bond acceptors (Lipinski definition) is 2. The van der Waals surface area contributed by atoms with E-state index in [0.717, 1.165) is 0 Å². The zero-order chi connectivity index (χ0) is 13.7. The van der Waals surface area contributed by atoms with Crippen molar-refractivity contribution in [2.45, 2.75) is 19.5 Å². The molecular weight excluding hydrogens is 303 g/mol. The molecule has 6 heteroatoms. The largest absolute Gasteiger partial charge is 0.394 e. The minimum absolute atomic E-state index is 0.112. The molecule has 0 fully saturated rings. The van der Waals surface area contributed by atoms with E-state index in [2.05, 4.69) is 21.2 Å². The Bertz CT molecular complexity index is 429. The fraction of sp³-hybridized carbons (Fsp3) is 0.417. The predicted molar refractivity (Wildman–Crippen MR) is 70.6 cm³/mol. The lowest BCUT2D eigenvalue weighted by Gasteiger charge is -2.23. The molecule has 4 nitrogen and oxygen atoms in total. The standard InChI is InChI=1S/C12H16BrFN2O2/c1-8(7-17)16(2)12(18)15-6-9-3-4-10(13)5-11(9)14/h3-5,8,17H,6-7H2,1-2H3,(H,15,18)/t8-/m1/s1. The van der Waals surface area contributed by atoms with E-state index in [9.17, 15) is 9.18 Å². The van der Waals surface area contributed by atoms with Gasteiger partial charge in [-0.05, 0) is 19.1 Å². The topological polar surface area (TPSA) is 52.6 Å². The first-order valence-corrected chi connectivity index (χ1v) is 6.30. The quantitative estimate of drug-likeness (QED) is 0.893. The fourth-order valence-electron chi connectivity index (χ4n) is 1.28. The van der Waals surface area contributed by atoms with Crippen LogP contribution in [0.15, 0.2) is 22.7 Å². The maximum Gasteiger partial charge on any atom is 0.317 e. The van der Waals surface area contributed by atoms with Gasteiger partial charge >= 0.3 is 6.03 Å². The van der Waals surface area contributed by atoms with Gasteiger partial charge in [-0.15, -0.1) is 0 Å². The molecule has 0 spiro atoms. The second-order valence-corrected chi connectivity index (χ2v) is 4.95. The molecule has 0 heterocycles. The molecule has 0 aliphatic carbocycles. The average molecular weight is 319 g/mol. The van der Waals surface area contributed by atoms with E-state index in [0.29, 0.717) is 10.0 Å². The molecule has 2 N–H and O–H groups in total. The van der Waals surface area contributed by atoms with Crippen LogP contribution in [0.2, 0.25) is 0 Å². The van der Waals surface area contributed by atoms with Crippen molar-refractivity contribution in [3.63, 3.8) is 0 Å². The zero-order valence-corrected chi connectivity index (χ0v) is 11.9. The lowest BCUT2D eigenvalue weighted by atomic mass is 10.2. The Morgan fingerprint density at radius 1 is 1.61 bits per heavy atom. The lowest BCUT2D eigenvalue weighted by Crippen LogP contribution is -2.43. The van der Waals surface area contributed by atoms with Gasteiger partial charge in [0, 0.05) is 23.6 Å². The summed E-state index contributed by atoms with van der Waals surface area (Å²) < 4.78 is 14.1. The molecule has 18 heavy (non-hydrogen) atoms. The Labute approximate surface area is 114 Å². The lowest BCUT2D eigenvalue weighted by molar-refractivity contribution is 0.157. The SMILES string of the molecule is C[C@H](CO)N(C)C(=O)NCc1ccc(Br)cc1F. The van der Waals surface area contributed by atoms with Crippen LogP contribution in [0, 0.1) is 5.82 Å². The number of nitrogens with one attached hydrogen (secondary N) is 1. The second-order valence-electron chi connectivity index (χ2n) is 4.04. The first-order chi connectivity index (χ1) is 8.45. The van der Waals surface area contributed by atoms with Gasteiger partial charge in [0.1, 0.15) is 5.82 Å². The minimum Gasteiger partial charge on any atom is -0.394 e. The molecule has 1 rings (SSSR count). The van der Waals surface area contributed by atoms with E-state index in [4.69, 9.17) is 5.11 Å². The van der Waals surface area contributed by atoms with Crippen LogP contribution in [-0.4, -0.2) is 35.7 Å². The number of benzene rings is 1. The second kappa shape index (κ2) is 6.70. The van der Waals surface area contributed by atoms with E-state index in [-0.39, 0.29) is 31.0 Å². The normalized spacial score (nSPS) is 12.1.